The molecule has 0 saturated carbocycles. The molecular weight excluding hydrogens is 348 g/mol. The van der Waals surface area contributed by atoms with Crippen molar-refractivity contribution in [3.63, 3.8) is 0 Å². The highest BCUT2D eigenvalue weighted by atomic mass is 79.9. The van der Waals surface area contributed by atoms with Gasteiger partial charge in [0.15, 0.2) is 0 Å². The van der Waals surface area contributed by atoms with Crippen LogP contribution in [0.2, 0.25) is 0 Å². The number of anilines is 1. The lowest BCUT2D eigenvalue weighted by Gasteiger charge is -2.37. The van der Waals surface area contributed by atoms with Gasteiger partial charge in [-0.2, -0.15) is 0 Å². The van der Waals surface area contributed by atoms with E-state index in [4.69, 9.17) is 0 Å². The average molecular weight is 362 g/mol. The molecule has 1 aliphatic heterocycles. The van der Waals surface area contributed by atoms with Crippen LogP contribution in [0.15, 0.2) is 53.0 Å². The standard InChI is InChI=1S/C18H14BrF2N/c19-11-8-15-13-5-2-6-14(13)17(22-18(15)16(21)9-11)10-3-1-4-12(20)7-10/h1-5,7-9,13-14,17,22H,6H2/t13-,14+,17-/m0/s1. The summed E-state index contributed by atoms with van der Waals surface area (Å²) in [5, 5.41) is 3.30. The smallest absolute Gasteiger partial charge is 0.147 e. The van der Waals surface area contributed by atoms with E-state index in [0.717, 1.165) is 22.0 Å². The maximum Gasteiger partial charge on any atom is 0.147 e. The number of rotatable bonds is 1. The van der Waals surface area contributed by atoms with Gasteiger partial charge >= 0.3 is 0 Å². The monoisotopic (exact) mass is 361 g/mol. The molecular formula is C18H14BrF2N. The maximum atomic E-state index is 14.4. The van der Waals surface area contributed by atoms with Gasteiger partial charge in [0, 0.05) is 10.4 Å². The van der Waals surface area contributed by atoms with E-state index in [0.29, 0.717) is 5.69 Å². The summed E-state index contributed by atoms with van der Waals surface area (Å²) in [6.07, 6.45) is 5.19. The second-order valence-electron chi connectivity index (χ2n) is 5.88. The van der Waals surface area contributed by atoms with Gasteiger partial charge in [-0.3, -0.25) is 0 Å². The largest absolute Gasteiger partial charge is 0.375 e. The minimum absolute atomic E-state index is 0.0844. The zero-order valence-corrected chi connectivity index (χ0v) is 13.3. The molecule has 0 saturated heterocycles. The van der Waals surface area contributed by atoms with E-state index in [1.54, 1.807) is 6.07 Å². The lowest BCUT2D eigenvalue weighted by Crippen LogP contribution is -2.29. The lowest BCUT2D eigenvalue weighted by atomic mass is 9.77. The van der Waals surface area contributed by atoms with Crippen LogP contribution >= 0.6 is 15.9 Å². The van der Waals surface area contributed by atoms with Crippen LogP contribution < -0.4 is 5.32 Å². The first-order valence-corrected chi connectivity index (χ1v) is 8.10. The van der Waals surface area contributed by atoms with Crippen molar-refractivity contribution in [3.8, 4) is 0 Å². The summed E-state index contributed by atoms with van der Waals surface area (Å²) < 4.78 is 28.7. The van der Waals surface area contributed by atoms with Gasteiger partial charge in [-0.1, -0.05) is 40.2 Å². The lowest BCUT2D eigenvalue weighted by molar-refractivity contribution is 0.419. The van der Waals surface area contributed by atoms with Gasteiger partial charge in [0.25, 0.3) is 0 Å². The van der Waals surface area contributed by atoms with E-state index >= 15 is 0 Å². The highest BCUT2D eigenvalue weighted by Crippen LogP contribution is 2.51. The van der Waals surface area contributed by atoms with Gasteiger partial charge in [-0.05, 0) is 47.7 Å². The molecule has 0 bridgehead atoms. The first-order chi connectivity index (χ1) is 10.6. The Morgan fingerprint density at radius 1 is 1.14 bits per heavy atom. The molecule has 0 unspecified atom stereocenters. The van der Waals surface area contributed by atoms with Crippen molar-refractivity contribution in [2.24, 2.45) is 5.92 Å². The first kappa shape index (κ1) is 13.9. The Bertz CT molecular complexity index is 772. The maximum absolute atomic E-state index is 14.4. The van der Waals surface area contributed by atoms with Crippen LogP contribution in [-0.4, -0.2) is 0 Å². The van der Waals surface area contributed by atoms with Crippen molar-refractivity contribution in [2.45, 2.75) is 18.4 Å². The predicted octanol–water partition coefficient (Wildman–Crippen LogP) is 5.55. The summed E-state index contributed by atoms with van der Waals surface area (Å²) in [6, 6.07) is 9.93. The van der Waals surface area contributed by atoms with Gasteiger partial charge in [-0.25, -0.2) is 8.78 Å². The summed E-state index contributed by atoms with van der Waals surface area (Å²) in [7, 11) is 0. The molecule has 1 N–H and O–H groups in total. The molecule has 2 aromatic carbocycles. The second kappa shape index (κ2) is 5.20. The second-order valence-corrected chi connectivity index (χ2v) is 6.80. The predicted molar refractivity (Wildman–Crippen MR) is 86.9 cm³/mol. The first-order valence-electron chi connectivity index (χ1n) is 7.31. The van der Waals surface area contributed by atoms with Crippen LogP contribution in [0.5, 0.6) is 0 Å². The van der Waals surface area contributed by atoms with Crippen molar-refractivity contribution >= 4 is 21.6 Å². The normalized spacial score (nSPS) is 25.5. The summed E-state index contributed by atoms with van der Waals surface area (Å²) in [6.45, 7) is 0. The number of allylic oxidation sites excluding steroid dienone is 2. The molecule has 0 aromatic heterocycles. The van der Waals surface area contributed by atoms with Gasteiger partial charge in [0.2, 0.25) is 0 Å². The van der Waals surface area contributed by atoms with Crippen molar-refractivity contribution in [3.05, 3.63) is 75.8 Å². The number of fused-ring (bicyclic) bond motifs is 3. The number of benzene rings is 2. The van der Waals surface area contributed by atoms with E-state index in [2.05, 4.69) is 33.4 Å². The molecule has 2 aliphatic rings. The molecule has 4 rings (SSSR count). The highest BCUT2D eigenvalue weighted by Gasteiger charge is 2.39. The Morgan fingerprint density at radius 2 is 2.00 bits per heavy atom. The van der Waals surface area contributed by atoms with Crippen molar-refractivity contribution in [1.82, 2.24) is 0 Å². The van der Waals surface area contributed by atoms with Crippen LogP contribution in [0, 0.1) is 17.6 Å². The molecule has 1 heterocycles. The van der Waals surface area contributed by atoms with E-state index in [-0.39, 0.29) is 29.5 Å². The topological polar surface area (TPSA) is 12.0 Å². The van der Waals surface area contributed by atoms with E-state index in [9.17, 15) is 8.78 Å². The SMILES string of the molecule is Fc1cccc([C@@H]2Nc3c(F)cc(Br)cc3[C@H]3C=CC[C@H]32)c1. The molecule has 1 aliphatic carbocycles. The zero-order valence-electron chi connectivity index (χ0n) is 11.7. The third-order valence-electron chi connectivity index (χ3n) is 4.59. The fourth-order valence-corrected chi connectivity index (χ4v) is 4.10. The van der Waals surface area contributed by atoms with Crippen LogP contribution in [-0.2, 0) is 0 Å². The van der Waals surface area contributed by atoms with E-state index in [1.165, 1.54) is 18.2 Å². The number of halogens is 3. The minimum Gasteiger partial charge on any atom is -0.375 e. The summed E-state index contributed by atoms with van der Waals surface area (Å²) >= 11 is 3.37. The molecule has 0 spiro atoms. The Kier molecular flexibility index (Phi) is 3.30. The number of hydrogen-bond acceptors (Lipinski definition) is 1. The molecule has 0 fully saturated rings. The number of nitrogens with one attached hydrogen (secondary N) is 1. The third kappa shape index (κ3) is 2.17. The van der Waals surface area contributed by atoms with Crippen LogP contribution in [0.1, 0.15) is 29.5 Å². The molecule has 4 heteroatoms. The van der Waals surface area contributed by atoms with Crippen LogP contribution in [0.25, 0.3) is 0 Å². The Balaban J connectivity index is 1.84. The van der Waals surface area contributed by atoms with Gasteiger partial charge < -0.3 is 5.32 Å². The zero-order chi connectivity index (χ0) is 15.3. The molecule has 112 valence electrons. The molecule has 0 radical (unpaired) electrons. The molecule has 2 aromatic rings. The van der Waals surface area contributed by atoms with E-state index < -0.39 is 0 Å². The summed E-state index contributed by atoms with van der Waals surface area (Å²) in [5.74, 6) is -0.0899. The van der Waals surface area contributed by atoms with Gasteiger partial charge in [0.1, 0.15) is 11.6 Å². The minimum atomic E-state index is -0.274. The summed E-state index contributed by atoms with van der Waals surface area (Å²) in [5.41, 5.74) is 2.37. The average Bonchev–Trinajstić information content (AvgIpc) is 2.96. The van der Waals surface area contributed by atoms with Crippen molar-refractivity contribution < 1.29 is 8.78 Å². The van der Waals surface area contributed by atoms with Gasteiger partial charge in [-0.15, -0.1) is 0 Å². The Hall–Kier alpha value is -1.68. The quantitative estimate of drug-likeness (QED) is 0.656. The molecule has 1 nitrogen and oxygen atoms in total. The number of hydrogen-bond donors (Lipinski definition) is 1. The Labute approximate surface area is 136 Å². The molecule has 0 amide bonds. The fraction of sp³-hybridized carbons (Fsp3) is 0.222. The Morgan fingerprint density at radius 3 is 2.82 bits per heavy atom. The third-order valence-corrected chi connectivity index (χ3v) is 5.05. The fourth-order valence-electron chi connectivity index (χ4n) is 3.65. The van der Waals surface area contributed by atoms with Crippen molar-refractivity contribution in [1.29, 1.82) is 0 Å². The molecule has 3 atom stereocenters. The van der Waals surface area contributed by atoms with Gasteiger partial charge in [0.05, 0.1) is 11.7 Å². The van der Waals surface area contributed by atoms with Crippen LogP contribution in [0.4, 0.5) is 14.5 Å². The van der Waals surface area contributed by atoms with Crippen molar-refractivity contribution in [2.75, 3.05) is 5.32 Å². The summed E-state index contributed by atoms with van der Waals surface area (Å²) in [4.78, 5) is 0. The van der Waals surface area contributed by atoms with Crippen LogP contribution in [0.3, 0.4) is 0 Å². The van der Waals surface area contributed by atoms with E-state index in [1.807, 2.05) is 12.1 Å². The highest BCUT2D eigenvalue weighted by molar-refractivity contribution is 9.10. The molecule has 22 heavy (non-hydrogen) atoms.